The first kappa shape index (κ1) is 90.2. The number of hydrogen-bond donors (Lipinski definition) is 12. The van der Waals surface area contributed by atoms with Gasteiger partial charge >= 0.3 is 0 Å². The van der Waals surface area contributed by atoms with Gasteiger partial charge < -0.3 is 89.9 Å². The van der Waals surface area contributed by atoms with Gasteiger partial charge in [-0.05, 0) is 44.9 Å². The molecule has 0 aromatic carbocycles. The highest BCUT2D eigenvalue weighted by molar-refractivity contribution is 5.76. The molecule has 3 aliphatic heterocycles. The number of ether oxygens (including phenoxy) is 6. The van der Waals surface area contributed by atoms with Crippen molar-refractivity contribution in [2.75, 3.05) is 26.4 Å². The van der Waals surface area contributed by atoms with E-state index in [-0.39, 0.29) is 18.9 Å². The molecule has 0 radical (unpaired) electrons. The van der Waals surface area contributed by atoms with Gasteiger partial charge in [-0.1, -0.05) is 314 Å². The number of carbonyl (C=O) groups excluding carboxylic acids is 1. The lowest BCUT2D eigenvalue weighted by Gasteiger charge is -2.48. The van der Waals surface area contributed by atoms with E-state index in [4.69, 9.17) is 28.4 Å². The Morgan fingerprint density at radius 2 is 0.653 bits per heavy atom. The normalized spacial score (nSPS) is 26.9. The second kappa shape index (κ2) is 60.3. The van der Waals surface area contributed by atoms with Crippen molar-refractivity contribution in [2.24, 2.45) is 0 Å². The highest BCUT2D eigenvalue weighted by Crippen LogP contribution is 2.33. The topological polar surface area (TPSA) is 307 Å². The molecule has 3 heterocycles. The Balaban J connectivity index is 1.40. The molecule has 3 rings (SSSR count). The molecular weight excluding hydrogens is 1250 g/mol. The maximum absolute atomic E-state index is 13.5. The molecule has 17 unspecified atom stereocenters. The van der Waals surface area contributed by atoms with Gasteiger partial charge in [-0.2, -0.15) is 0 Å². The zero-order valence-electron chi connectivity index (χ0n) is 61.5. The van der Waals surface area contributed by atoms with E-state index < -0.39 is 124 Å². The number of allylic oxidation sites excluding steroid dienone is 5. The number of hydrogen-bond acceptors (Lipinski definition) is 18. The molecule has 0 aliphatic carbocycles. The van der Waals surface area contributed by atoms with Crippen molar-refractivity contribution in [3.8, 4) is 0 Å². The SMILES string of the molecule is CCCCCCCCCCCCCCCCCC/C=C/CC/C=C/CC/C=C/C(O)C(COC1OC(CO)C(OC2OC(CO)C(OC3OC(CO)C(O)C(O)C3O)C(O)C2O)C(O)C1O)NC(=O)CCCCCCCCCCCCCCCCCCCCCCCCCCCCC. The second-order valence-corrected chi connectivity index (χ2v) is 28.9. The summed E-state index contributed by atoms with van der Waals surface area (Å²) >= 11 is 0. The Morgan fingerprint density at radius 1 is 0.357 bits per heavy atom. The van der Waals surface area contributed by atoms with Crippen LogP contribution in [0, 0.1) is 0 Å². The van der Waals surface area contributed by atoms with Gasteiger partial charge in [-0.3, -0.25) is 4.79 Å². The Kier molecular flexibility index (Phi) is 55.5. The van der Waals surface area contributed by atoms with Crippen LogP contribution in [-0.4, -0.2) is 193 Å². The predicted molar refractivity (Wildman–Crippen MR) is 388 cm³/mol. The van der Waals surface area contributed by atoms with Crippen LogP contribution in [0.2, 0.25) is 0 Å². The van der Waals surface area contributed by atoms with E-state index in [9.17, 15) is 61.0 Å². The predicted octanol–water partition coefficient (Wildman–Crippen LogP) is 13.1. The number of rotatable bonds is 64. The Hall–Kier alpha value is -1.99. The standard InChI is InChI=1S/C79H147NO18/c1-3-5-7-9-11-13-15-17-19-21-23-25-27-29-31-33-35-37-39-41-43-45-47-49-51-53-55-57-67(85)80-62(63(84)56-54-52-50-48-46-44-42-40-38-36-34-32-30-28-26-24-22-20-18-16-14-12-10-8-6-4-2)61-93-77-73(91)70(88)75(65(59-82)95-77)98-79-74(92)71(89)76(66(60-83)96-79)97-78-72(90)69(87)68(86)64(58-81)94-78/h38,40,46,48,54,56,62-66,68-79,81-84,86-92H,3-37,39,41-45,47,49-53,55,57-61H2,1-2H3,(H,80,85)/b40-38+,48-46+,56-54+. The minimum atomic E-state index is -1.98. The molecular formula is C79H147NO18. The van der Waals surface area contributed by atoms with Crippen LogP contribution in [0.3, 0.4) is 0 Å². The maximum Gasteiger partial charge on any atom is 0.220 e. The van der Waals surface area contributed by atoms with Crippen LogP contribution in [0.4, 0.5) is 0 Å². The molecule has 0 aromatic rings. The fraction of sp³-hybridized carbons (Fsp3) is 0.911. The van der Waals surface area contributed by atoms with Crippen molar-refractivity contribution < 1.29 is 89.4 Å². The molecule has 0 bridgehead atoms. The first-order chi connectivity index (χ1) is 47.8. The third-order valence-corrected chi connectivity index (χ3v) is 20.2. The molecule has 19 heteroatoms. The van der Waals surface area contributed by atoms with Crippen LogP contribution in [0.25, 0.3) is 0 Å². The quantitative estimate of drug-likeness (QED) is 0.0199. The fourth-order valence-electron chi connectivity index (χ4n) is 13.7. The van der Waals surface area contributed by atoms with E-state index in [1.165, 1.54) is 250 Å². The summed E-state index contributed by atoms with van der Waals surface area (Å²) in [4.78, 5) is 13.5. The Bertz CT molecular complexity index is 1910. The lowest BCUT2D eigenvalue weighted by atomic mass is 9.96. The summed E-state index contributed by atoms with van der Waals surface area (Å²) in [7, 11) is 0. The van der Waals surface area contributed by atoms with E-state index in [1.807, 2.05) is 6.08 Å². The van der Waals surface area contributed by atoms with E-state index in [0.29, 0.717) is 12.8 Å². The largest absolute Gasteiger partial charge is 0.394 e. The highest BCUT2D eigenvalue weighted by Gasteiger charge is 2.54. The van der Waals surface area contributed by atoms with Crippen molar-refractivity contribution >= 4 is 5.91 Å². The van der Waals surface area contributed by atoms with Gasteiger partial charge in [0.15, 0.2) is 18.9 Å². The molecule has 1 amide bonds. The van der Waals surface area contributed by atoms with Crippen LogP contribution < -0.4 is 5.32 Å². The lowest BCUT2D eigenvalue weighted by molar-refractivity contribution is -0.379. The summed E-state index contributed by atoms with van der Waals surface area (Å²) in [5.74, 6) is -0.283. The number of carbonyl (C=O) groups is 1. The molecule has 576 valence electrons. The van der Waals surface area contributed by atoms with Gasteiger partial charge in [0.25, 0.3) is 0 Å². The van der Waals surface area contributed by atoms with E-state index >= 15 is 0 Å². The number of amides is 1. The average Bonchev–Trinajstić information content (AvgIpc) is 0.785. The van der Waals surface area contributed by atoms with Gasteiger partial charge in [0.2, 0.25) is 5.91 Å². The smallest absolute Gasteiger partial charge is 0.220 e. The molecule has 12 N–H and O–H groups in total. The fourth-order valence-corrected chi connectivity index (χ4v) is 13.7. The lowest BCUT2D eigenvalue weighted by Crippen LogP contribution is -2.66. The molecule has 3 aliphatic rings. The van der Waals surface area contributed by atoms with Crippen molar-refractivity contribution in [3.05, 3.63) is 36.5 Å². The summed E-state index contributed by atoms with van der Waals surface area (Å²) in [5, 5.41) is 121. The minimum absolute atomic E-state index is 0.236. The van der Waals surface area contributed by atoms with Crippen LogP contribution in [0.5, 0.6) is 0 Å². The van der Waals surface area contributed by atoms with Crippen molar-refractivity contribution in [1.82, 2.24) is 5.32 Å². The van der Waals surface area contributed by atoms with E-state index in [0.717, 1.165) is 44.9 Å². The van der Waals surface area contributed by atoms with Crippen LogP contribution in [0.1, 0.15) is 328 Å². The monoisotopic (exact) mass is 1400 g/mol. The summed E-state index contributed by atoms with van der Waals surface area (Å²) in [6.45, 7) is 1.76. The van der Waals surface area contributed by atoms with Crippen molar-refractivity contribution in [3.63, 3.8) is 0 Å². The summed E-state index contributed by atoms with van der Waals surface area (Å²) in [5.41, 5.74) is 0. The van der Waals surface area contributed by atoms with Crippen molar-refractivity contribution in [1.29, 1.82) is 0 Å². The molecule has 0 saturated carbocycles. The summed E-state index contributed by atoms with van der Waals surface area (Å²) in [6.07, 6.45) is 47.1. The van der Waals surface area contributed by atoms with Crippen molar-refractivity contribution in [2.45, 2.75) is 433 Å². The second-order valence-electron chi connectivity index (χ2n) is 28.9. The van der Waals surface area contributed by atoms with Crippen LogP contribution in [0.15, 0.2) is 36.5 Å². The van der Waals surface area contributed by atoms with Gasteiger partial charge in [0.05, 0.1) is 38.6 Å². The Labute approximate surface area is 593 Å². The zero-order valence-corrected chi connectivity index (χ0v) is 61.5. The van der Waals surface area contributed by atoms with Crippen LogP contribution >= 0.6 is 0 Å². The average molecular weight is 1400 g/mol. The molecule has 98 heavy (non-hydrogen) atoms. The molecule has 3 fully saturated rings. The third-order valence-electron chi connectivity index (χ3n) is 20.2. The first-order valence-electron chi connectivity index (χ1n) is 40.2. The van der Waals surface area contributed by atoms with Gasteiger partial charge in [-0.25, -0.2) is 0 Å². The zero-order chi connectivity index (χ0) is 71.1. The number of nitrogens with one attached hydrogen (secondary N) is 1. The third kappa shape index (κ3) is 40.3. The minimum Gasteiger partial charge on any atom is -0.394 e. The maximum atomic E-state index is 13.5. The Morgan fingerprint density at radius 3 is 1.02 bits per heavy atom. The van der Waals surface area contributed by atoms with E-state index in [1.54, 1.807) is 6.08 Å². The molecule has 0 aromatic heterocycles. The van der Waals surface area contributed by atoms with E-state index in [2.05, 4.69) is 43.5 Å². The van der Waals surface area contributed by atoms with Gasteiger partial charge in [0, 0.05) is 6.42 Å². The number of aliphatic hydroxyl groups excluding tert-OH is 11. The molecule has 0 spiro atoms. The molecule has 17 atom stereocenters. The van der Waals surface area contributed by atoms with Crippen LogP contribution in [-0.2, 0) is 33.2 Å². The molecule has 19 nitrogen and oxygen atoms in total. The number of unbranched alkanes of at least 4 members (excludes halogenated alkanes) is 44. The summed E-state index contributed by atoms with van der Waals surface area (Å²) < 4.78 is 34.4. The van der Waals surface area contributed by atoms with Gasteiger partial charge in [0.1, 0.15) is 73.2 Å². The van der Waals surface area contributed by atoms with Gasteiger partial charge in [-0.15, -0.1) is 0 Å². The number of aliphatic hydroxyl groups is 11. The first-order valence-corrected chi connectivity index (χ1v) is 40.2. The highest BCUT2D eigenvalue weighted by atomic mass is 16.8. The molecule has 3 saturated heterocycles. The summed E-state index contributed by atoms with van der Waals surface area (Å²) in [6, 6.07) is -0.996.